The minimum absolute atomic E-state index is 0.641. The molecule has 0 atom stereocenters. The molecule has 9 rings (SSSR count). The number of aromatic nitrogens is 4. The molecule has 0 aliphatic carbocycles. The van der Waals surface area contributed by atoms with Gasteiger partial charge < -0.3 is 4.57 Å². The van der Waals surface area contributed by atoms with Gasteiger partial charge in [0.1, 0.15) is 0 Å². The van der Waals surface area contributed by atoms with Gasteiger partial charge in [0.15, 0.2) is 17.5 Å². The zero-order valence-electron chi connectivity index (χ0n) is 25.5. The van der Waals surface area contributed by atoms with E-state index in [1.165, 1.54) is 43.7 Å². The molecule has 0 fully saturated rings. The summed E-state index contributed by atoms with van der Waals surface area (Å²) in [5.41, 5.74) is 8.71. The molecule has 0 saturated carbocycles. The van der Waals surface area contributed by atoms with E-state index in [1.807, 2.05) is 60.7 Å². The van der Waals surface area contributed by atoms with Crippen molar-refractivity contribution in [3.05, 3.63) is 170 Å². The van der Waals surface area contributed by atoms with Crippen molar-refractivity contribution in [3.63, 3.8) is 0 Å². The SMILES string of the molecule is c1ccc(-c2nc(-c3ccccc3)nc(-c3ccc(-n4c5ccccc5c5cc6ccccc6c(-c6ccccc6)c54)cc3)n2)cc1. The van der Waals surface area contributed by atoms with E-state index in [1.54, 1.807) is 0 Å². The smallest absolute Gasteiger partial charge is 0.164 e. The molecule has 4 heteroatoms. The lowest BCUT2D eigenvalue weighted by atomic mass is 9.95. The Labute approximate surface area is 272 Å². The van der Waals surface area contributed by atoms with Crippen LogP contribution in [0.5, 0.6) is 0 Å². The second-order valence-electron chi connectivity index (χ2n) is 11.7. The third-order valence-corrected chi connectivity index (χ3v) is 8.83. The lowest BCUT2D eigenvalue weighted by Crippen LogP contribution is -2.00. The third-order valence-electron chi connectivity index (χ3n) is 8.83. The molecule has 0 unspecified atom stereocenters. The number of rotatable bonds is 5. The summed E-state index contributed by atoms with van der Waals surface area (Å²) in [6.45, 7) is 0. The van der Waals surface area contributed by atoms with Crippen LogP contribution in [0.2, 0.25) is 0 Å². The molecular weight excluding hydrogens is 573 g/mol. The molecule has 220 valence electrons. The molecule has 4 nitrogen and oxygen atoms in total. The summed E-state index contributed by atoms with van der Waals surface area (Å²) in [4.78, 5) is 14.8. The number of para-hydroxylation sites is 1. The molecule has 0 bridgehead atoms. The Kier molecular flexibility index (Phi) is 6.43. The van der Waals surface area contributed by atoms with E-state index in [-0.39, 0.29) is 0 Å². The average molecular weight is 601 g/mol. The van der Waals surface area contributed by atoms with Gasteiger partial charge in [0.05, 0.1) is 11.0 Å². The second-order valence-corrected chi connectivity index (χ2v) is 11.7. The fourth-order valence-electron chi connectivity index (χ4n) is 6.65. The molecule has 0 N–H and O–H groups in total. The fourth-order valence-corrected chi connectivity index (χ4v) is 6.65. The normalized spacial score (nSPS) is 11.4. The second kappa shape index (κ2) is 11.2. The molecule has 2 heterocycles. The van der Waals surface area contributed by atoms with Crippen LogP contribution in [0.25, 0.3) is 83.6 Å². The van der Waals surface area contributed by atoms with E-state index >= 15 is 0 Å². The molecule has 0 spiro atoms. The van der Waals surface area contributed by atoms with Crippen molar-refractivity contribution in [3.8, 4) is 51.0 Å². The lowest BCUT2D eigenvalue weighted by Gasteiger charge is -2.15. The van der Waals surface area contributed by atoms with Gasteiger partial charge in [0.25, 0.3) is 0 Å². The molecule has 0 amide bonds. The molecule has 7 aromatic carbocycles. The van der Waals surface area contributed by atoms with Gasteiger partial charge in [-0.15, -0.1) is 0 Å². The van der Waals surface area contributed by atoms with Gasteiger partial charge in [-0.2, -0.15) is 0 Å². The summed E-state index contributed by atoms with van der Waals surface area (Å²) in [7, 11) is 0. The third kappa shape index (κ3) is 4.66. The van der Waals surface area contributed by atoms with Crippen LogP contribution in [0.15, 0.2) is 170 Å². The molecule has 47 heavy (non-hydrogen) atoms. The molecule has 2 aromatic heterocycles. The topological polar surface area (TPSA) is 43.6 Å². The van der Waals surface area contributed by atoms with Crippen molar-refractivity contribution < 1.29 is 0 Å². The number of fused-ring (bicyclic) bond motifs is 4. The van der Waals surface area contributed by atoms with Gasteiger partial charge in [0, 0.05) is 38.7 Å². The highest BCUT2D eigenvalue weighted by Gasteiger charge is 2.20. The summed E-state index contributed by atoms with van der Waals surface area (Å²) >= 11 is 0. The van der Waals surface area contributed by atoms with Gasteiger partial charge in [-0.05, 0) is 52.7 Å². The Bertz CT molecular complexity index is 2480. The standard InChI is InChI=1S/C43H28N4/c1-4-14-29(15-5-1)39-35-21-11-10-20-33(35)28-37-36-22-12-13-23-38(36)47(40(37)39)34-26-24-32(25-27-34)43-45-41(30-16-6-2-7-17-30)44-42(46-43)31-18-8-3-9-19-31/h1-28H. The van der Waals surface area contributed by atoms with Crippen molar-refractivity contribution in [1.29, 1.82) is 0 Å². The zero-order valence-corrected chi connectivity index (χ0v) is 25.5. The van der Waals surface area contributed by atoms with Gasteiger partial charge in [-0.3, -0.25) is 0 Å². The fraction of sp³-hybridized carbons (Fsp3) is 0. The van der Waals surface area contributed by atoms with E-state index in [4.69, 9.17) is 15.0 Å². The first-order chi connectivity index (χ1) is 23.3. The van der Waals surface area contributed by atoms with Crippen LogP contribution >= 0.6 is 0 Å². The Morgan fingerprint density at radius 3 is 1.43 bits per heavy atom. The number of hydrogen-bond acceptors (Lipinski definition) is 3. The van der Waals surface area contributed by atoms with Crippen LogP contribution in [0.3, 0.4) is 0 Å². The minimum atomic E-state index is 0.641. The highest BCUT2D eigenvalue weighted by molar-refractivity contribution is 6.21. The summed E-state index contributed by atoms with van der Waals surface area (Å²) in [5.74, 6) is 1.95. The highest BCUT2D eigenvalue weighted by atomic mass is 15.0. The predicted octanol–water partition coefficient (Wildman–Crippen LogP) is 10.8. The summed E-state index contributed by atoms with van der Waals surface area (Å²) < 4.78 is 2.40. The molecule has 9 aromatic rings. The van der Waals surface area contributed by atoms with E-state index < -0.39 is 0 Å². The van der Waals surface area contributed by atoms with E-state index in [0.717, 1.165) is 22.4 Å². The van der Waals surface area contributed by atoms with E-state index in [2.05, 4.69) is 114 Å². The first-order valence-electron chi connectivity index (χ1n) is 15.8. The highest BCUT2D eigenvalue weighted by Crippen LogP contribution is 2.42. The van der Waals surface area contributed by atoms with E-state index in [0.29, 0.717) is 17.5 Å². The van der Waals surface area contributed by atoms with Crippen LogP contribution in [0, 0.1) is 0 Å². The molecule has 0 aliphatic rings. The van der Waals surface area contributed by atoms with Crippen LogP contribution in [0.4, 0.5) is 0 Å². The maximum atomic E-state index is 4.95. The lowest BCUT2D eigenvalue weighted by molar-refractivity contribution is 1.07. The van der Waals surface area contributed by atoms with Gasteiger partial charge in [-0.25, -0.2) is 15.0 Å². The van der Waals surface area contributed by atoms with Crippen molar-refractivity contribution in [1.82, 2.24) is 19.5 Å². The minimum Gasteiger partial charge on any atom is -0.309 e. The monoisotopic (exact) mass is 600 g/mol. The molecule has 0 aliphatic heterocycles. The van der Waals surface area contributed by atoms with Crippen LogP contribution in [-0.2, 0) is 0 Å². The van der Waals surface area contributed by atoms with Gasteiger partial charge >= 0.3 is 0 Å². The predicted molar refractivity (Wildman–Crippen MR) is 193 cm³/mol. The Morgan fingerprint density at radius 2 is 0.830 bits per heavy atom. The maximum Gasteiger partial charge on any atom is 0.164 e. The molecular formula is C43H28N4. The van der Waals surface area contributed by atoms with Crippen LogP contribution in [-0.4, -0.2) is 19.5 Å². The number of hydrogen-bond donors (Lipinski definition) is 0. The van der Waals surface area contributed by atoms with Crippen molar-refractivity contribution in [2.45, 2.75) is 0 Å². The Balaban J connectivity index is 1.26. The quantitative estimate of drug-likeness (QED) is 0.197. The summed E-state index contributed by atoms with van der Waals surface area (Å²) in [6, 6.07) is 59.2. The summed E-state index contributed by atoms with van der Waals surface area (Å²) in [6.07, 6.45) is 0. The Morgan fingerprint density at radius 1 is 0.362 bits per heavy atom. The number of nitrogens with zero attached hydrogens (tertiary/aromatic N) is 4. The number of benzene rings is 7. The Hall–Kier alpha value is -6.39. The van der Waals surface area contributed by atoms with Crippen molar-refractivity contribution >= 4 is 32.6 Å². The molecule has 0 radical (unpaired) electrons. The largest absolute Gasteiger partial charge is 0.309 e. The first-order valence-corrected chi connectivity index (χ1v) is 15.8. The van der Waals surface area contributed by atoms with Crippen molar-refractivity contribution in [2.24, 2.45) is 0 Å². The average Bonchev–Trinajstić information content (AvgIpc) is 3.48. The van der Waals surface area contributed by atoms with Gasteiger partial charge in [-0.1, -0.05) is 133 Å². The molecule has 0 saturated heterocycles. The van der Waals surface area contributed by atoms with Crippen LogP contribution in [0.1, 0.15) is 0 Å². The summed E-state index contributed by atoms with van der Waals surface area (Å²) in [5, 5.41) is 4.93. The van der Waals surface area contributed by atoms with Crippen LogP contribution < -0.4 is 0 Å². The first kappa shape index (κ1) is 27.0. The zero-order chi connectivity index (χ0) is 31.2. The van der Waals surface area contributed by atoms with Gasteiger partial charge in [0.2, 0.25) is 0 Å². The van der Waals surface area contributed by atoms with Crippen molar-refractivity contribution in [2.75, 3.05) is 0 Å². The maximum absolute atomic E-state index is 4.95. The van der Waals surface area contributed by atoms with E-state index in [9.17, 15) is 0 Å².